The van der Waals surface area contributed by atoms with Crippen LogP contribution in [0.25, 0.3) is 11.0 Å². The van der Waals surface area contributed by atoms with Crippen LogP contribution in [0, 0.1) is 5.21 Å². The molecule has 0 aliphatic heterocycles. The summed E-state index contributed by atoms with van der Waals surface area (Å²) in [5, 5.41) is 19.2. The molecule has 112 valence electrons. The summed E-state index contributed by atoms with van der Waals surface area (Å²) in [7, 11) is 1.50. The number of fused-ring (bicyclic) bond motifs is 1. The molecule has 0 unspecified atom stereocenters. The minimum atomic E-state index is 0.242. The van der Waals surface area contributed by atoms with Gasteiger partial charge < -0.3 is 14.8 Å². The maximum absolute atomic E-state index is 11.7. The Kier molecular flexibility index (Phi) is 3.86. The van der Waals surface area contributed by atoms with Gasteiger partial charge in [-0.05, 0) is 22.6 Å². The lowest BCUT2D eigenvalue weighted by molar-refractivity contribution is -0.782. The Labute approximate surface area is 125 Å². The average molecular weight is 299 g/mol. The van der Waals surface area contributed by atoms with Crippen LogP contribution in [0.1, 0.15) is 11.1 Å². The van der Waals surface area contributed by atoms with E-state index >= 15 is 0 Å². The van der Waals surface area contributed by atoms with E-state index in [9.17, 15) is 5.21 Å². The molecule has 0 bridgehead atoms. The van der Waals surface area contributed by atoms with E-state index in [0.29, 0.717) is 28.3 Å². The summed E-state index contributed by atoms with van der Waals surface area (Å²) in [6, 6.07) is 13.0. The number of methoxy groups -OCH3 is 1. The number of ether oxygens (including phenoxy) is 1. The first-order valence-corrected chi connectivity index (χ1v) is 6.55. The molecule has 7 heteroatoms. The van der Waals surface area contributed by atoms with Crippen molar-refractivity contribution in [3.63, 3.8) is 0 Å². The quantitative estimate of drug-likeness (QED) is 0.409. The van der Waals surface area contributed by atoms with Gasteiger partial charge in [0.25, 0.3) is 5.52 Å². The van der Waals surface area contributed by atoms with Crippen molar-refractivity contribution in [3.8, 4) is 5.75 Å². The number of nitrogens with zero attached hydrogens (tertiary/aromatic N) is 3. The van der Waals surface area contributed by atoms with E-state index in [0.717, 1.165) is 5.56 Å². The van der Waals surface area contributed by atoms with Crippen LogP contribution in [0.15, 0.2) is 52.2 Å². The molecule has 0 radical (unpaired) electrons. The second-order valence-electron chi connectivity index (χ2n) is 4.48. The fourth-order valence-corrected chi connectivity index (χ4v) is 2.02. The standard InChI is InChI=1S/C15H13N3O4/c1-20-13-8-7-12(15-14(13)17-22-18(15)19)9-16-21-10-11-5-3-2-4-6-11/h2-9H,10H2,1H3/b16-9+. The van der Waals surface area contributed by atoms with Crippen LogP contribution in [0.5, 0.6) is 5.75 Å². The molecule has 2 aromatic carbocycles. The molecule has 1 aromatic heterocycles. The van der Waals surface area contributed by atoms with Crippen LogP contribution in [0.2, 0.25) is 0 Å². The first-order chi connectivity index (χ1) is 10.8. The summed E-state index contributed by atoms with van der Waals surface area (Å²) in [6.07, 6.45) is 1.44. The molecule has 0 amide bonds. The van der Waals surface area contributed by atoms with Gasteiger partial charge in [0.15, 0.2) is 5.75 Å². The average Bonchev–Trinajstić information content (AvgIpc) is 2.95. The van der Waals surface area contributed by atoms with Gasteiger partial charge in [-0.25, -0.2) is 0 Å². The Morgan fingerprint density at radius 1 is 1.27 bits per heavy atom. The summed E-state index contributed by atoms with van der Waals surface area (Å²) >= 11 is 0. The van der Waals surface area contributed by atoms with E-state index < -0.39 is 0 Å². The molecule has 3 aromatic rings. The van der Waals surface area contributed by atoms with Crippen molar-refractivity contribution in [1.82, 2.24) is 5.16 Å². The van der Waals surface area contributed by atoms with Gasteiger partial charge in [-0.2, -0.15) is 0 Å². The van der Waals surface area contributed by atoms with Crippen molar-refractivity contribution < 1.29 is 19.1 Å². The van der Waals surface area contributed by atoms with Crippen LogP contribution < -0.4 is 9.64 Å². The zero-order valence-electron chi connectivity index (χ0n) is 11.8. The van der Waals surface area contributed by atoms with E-state index in [2.05, 4.69) is 14.9 Å². The molecule has 0 spiro atoms. The van der Waals surface area contributed by atoms with Crippen molar-refractivity contribution in [2.75, 3.05) is 7.11 Å². The van der Waals surface area contributed by atoms with E-state index in [1.807, 2.05) is 30.3 Å². The number of rotatable bonds is 5. The highest BCUT2D eigenvalue weighted by atomic mass is 16.8. The Bertz CT molecular complexity index is 799. The third kappa shape index (κ3) is 2.69. The molecule has 0 saturated carbocycles. The topological polar surface area (TPSA) is 83.8 Å². The Hall–Kier alpha value is -3.09. The van der Waals surface area contributed by atoms with Gasteiger partial charge in [0.05, 0.1) is 24.0 Å². The zero-order valence-corrected chi connectivity index (χ0v) is 11.8. The van der Waals surface area contributed by atoms with Crippen molar-refractivity contribution in [2.24, 2.45) is 5.16 Å². The van der Waals surface area contributed by atoms with Crippen LogP contribution in [0.3, 0.4) is 0 Å². The largest absolute Gasteiger partial charge is 0.492 e. The molecular weight excluding hydrogens is 286 g/mol. The van der Waals surface area contributed by atoms with Crippen molar-refractivity contribution in [3.05, 3.63) is 58.8 Å². The molecular formula is C15H13N3O4. The number of hydrogen-bond donors (Lipinski definition) is 0. The first kappa shape index (κ1) is 13.9. The van der Waals surface area contributed by atoms with E-state index in [4.69, 9.17) is 9.57 Å². The molecule has 0 fully saturated rings. The third-order valence-electron chi connectivity index (χ3n) is 3.09. The summed E-state index contributed by atoms with van der Waals surface area (Å²) in [4.78, 5) is 5.54. The number of benzene rings is 2. The molecule has 1 heterocycles. The van der Waals surface area contributed by atoms with Gasteiger partial charge >= 0.3 is 0 Å². The van der Waals surface area contributed by atoms with E-state index in [-0.39, 0.29) is 5.52 Å². The molecule has 7 nitrogen and oxygen atoms in total. The van der Waals surface area contributed by atoms with Crippen molar-refractivity contribution in [2.45, 2.75) is 6.61 Å². The molecule has 0 saturated heterocycles. The van der Waals surface area contributed by atoms with Gasteiger partial charge in [0.2, 0.25) is 5.52 Å². The summed E-state index contributed by atoms with van der Waals surface area (Å²) in [5.74, 6) is 0.454. The lowest BCUT2D eigenvalue weighted by Gasteiger charge is -2.00. The van der Waals surface area contributed by atoms with Gasteiger partial charge in [-0.3, -0.25) is 4.63 Å². The molecule has 22 heavy (non-hydrogen) atoms. The number of aromatic nitrogens is 2. The number of oxime groups is 1. The van der Waals surface area contributed by atoms with Gasteiger partial charge in [-0.1, -0.05) is 35.5 Å². The van der Waals surface area contributed by atoms with Crippen molar-refractivity contribution >= 4 is 17.2 Å². The number of hydrogen-bond acceptors (Lipinski definition) is 6. The predicted octanol–water partition coefficient (Wildman–Crippen LogP) is 2.02. The van der Waals surface area contributed by atoms with Gasteiger partial charge in [0.1, 0.15) is 6.61 Å². The predicted molar refractivity (Wildman–Crippen MR) is 78.3 cm³/mol. The van der Waals surface area contributed by atoms with E-state index in [1.165, 1.54) is 13.3 Å². The third-order valence-corrected chi connectivity index (χ3v) is 3.09. The van der Waals surface area contributed by atoms with E-state index in [1.54, 1.807) is 12.1 Å². The fourth-order valence-electron chi connectivity index (χ4n) is 2.02. The molecule has 0 aliphatic carbocycles. The summed E-state index contributed by atoms with van der Waals surface area (Å²) < 4.78 is 9.73. The minimum Gasteiger partial charge on any atom is -0.492 e. The highest BCUT2D eigenvalue weighted by molar-refractivity contribution is 5.96. The maximum Gasteiger partial charge on any atom is 0.290 e. The smallest absolute Gasteiger partial charge is 0.290 e. The highest BCUT2D eigenvalue weighted by Crippen LogP contribution is 2.23. The lowest BCUT2D eigenvalue weighted by Crippen LogP contribution is -2.23. The monoisotopic (exact) mass is 299 g/mol. The second-order valence-corrected chi connectivity index (χ2v) is 4.48. The zero-order chi connectivity index (χ0) is 15.4. The van der Waals surface area contributed by atoms with Gasteiger partial charge in [-0.15, -0.1) is 0 Å². The van der Waals surface area contributed by atoms with Crippen molar-refractivity contribution in [1.29, 1.82) is 0 Å². The molecule has 0 N–H and O–H groups in total. The summed E-state index contributed by atoms with van der Waals surface area (Å²) in [6.45, 7) is 0.345. The van der Waals surface area contributed by atoms with Gasteiger partial charge in [0, 0.05) is 0 Å². The summed E-state index contributed by atoms with van der Waals surface area (Å²) in [5.41, 5.74) is 2.11. The Balaban J connectivity index is 1.79. The van der Waals surface area contributed by atoms with Crippen LogP contribution >= 0.6 is 0 Å². The second kappa shape index (κ2) is 6.13. The minimum absolute atomic E-state index is 0.242. The SMILES string of the molecule is COc1ccc(/C=N/OCc2ccccc2)c2c1no[n+]2[O-]. The molecule has 3 rings (SSSR count). The normalized spacial score (nSPS) is 11.1. The highest BCUT2D eigenvalue weighted by Gasteiger charge is 2.18. The Morgan fingerprint density at radius 2 is 2.09 bits per heavy atom. The van der Waals surface area contributed by atoms with Crippen LogP contribution in [0.4, 0.5) is 0 Å². The van der Waals surface area contributed by atoms with Crippen LogP contribution in [-0.4, -0.2) is 18.5 Å². The first-order valence-electron chi connectivity index (χ1n) is 6.55. The van der Waals surface area contributed by atoms with Crippen LogP contribution in [-0.2, 0) is 11.4 Å². The fraction of sp³-hybridized carbons (Fsp3) is 0.133. The molecule has 0 aliphatic rings. The maximum atomic E-state index is 11.7. The Morgan fingerprint density at radius 3 is 2.86 bits per heavy atom. The molecule has 0 atom stereocenters. The lowest BCUT2D eigenvalue weighted by atomic mass is 10.2.